The number of furan rings is 1. The van der Waals surface area contributed by atoms with Gasteiger partial charge in [-0.05, 0) is 65.9 Å². The topological polar surface area (TPSA) is 90.6 Å². The fraction of sp³-hybridized carbons (Fsp3) is 0.0968. The van der Waals surface area contributed by atoms with E-state index >= 15 is 0 Å². The summed E-state index contributed by atoms with van der Waals surface area (Å²) < 4.78 is 21.9. The third kappa shape index (κ3) is 4.34. The standard InChI is InChI=1S/C31H19ClFN3O4S/c32-24-13-8-19(15-25(24)36(38)39)26-14-11-21(40-26)16-27-30(37)35-29(18-5-9-20(33)10-6-18)23-12-7-17-3-1-2-4-22(17)28(23)34-31(35)41-27/h1-6,8-11,13-16,29H,7,12H2/b27-16+/t29-/m0/s1. The van der Waals surface area contributed by atoms with Crippen LogP contribution in [0.2, 0.25) is 5.02 Å². The van der Waals surface area contributed by atoms with Gasteiger partial charge in [-0.3, -0.25) is 19.5 Å². The van der Waals surface area contributed by atoms with E-state index in [0.717, 1.165) is 35.2 Å². The molecule has 0 saturated carbocycles. The van der Waals surface area contributed by atoms with Crippen molar-refractivity contribution in [3.05, 3.63) is 148 Å². The normalized spacial score (nSPS) is 16.1. The Morgan fingerprint density at radius 1 is 1.07 bits per heavy atom. The molecule has 0 radical (unpaired) electrons. The van der Waals surface area contributed by atoms with E-state index in [1.54, 1.807) is 41.0 Å². The molecule has 202 valence electrons. The fourth-order valence-corrected chi connectivity index (χ4v) is 6.66. The summed E-state index contributed by atoms with van der Waals surface area (Å²) in [6.07, 6.45) is 3.21. The molecule has 0 saturated heterocycles. The molecule has 7 nitrogen and oxygen atoms in total. The van der Waals surface area contributed by atoms with E-state index in [4.69, 9.17) is 21.0 Å². The maximum absolute atomic E-state index is 13.9. The van der Waals surface area contributed by atoms with E-state index in [0.29, 0.717) is 26.4 Å². The van der Waals surface area contributed by atoms with Crippen molar-refractivity contribution in [3.8, 4) is 11.3 Å². The number of allylic oxidation sites excluding steroid dienone is 1. The third-order valence-electron chi connectivity index (χ3n) is 7.39. The number of halogens is 2. The average Bonchev–Trinajstić information content (AvgIpc) is 3.57. The molecule has 0 spiro atoms. The van der Waals surface area contributed by atoms with Crippen molar-refractivity contribution in [2.24, 2.45) is 4.99 Å². The summed E-state index contributed by atoms with van der Waals surface area (Å²) in [6, 6.07) is 21.8. The minimum atomic E-state index is -0.550. The first-order chi connectivity index (χ1) is 19.9. The van der Waals surface area contributed by atoms with Gasteiger partial charge in [0, 0.05) is 23.3 Å². The molecule has 7 rings (SSSR count). The van der Waals surface area contributed by atoms with E-state index in [1.165, 1.54) is 41.2 Å². The summed E-state index contributed by atoms with van der Waals surface area (Å²) in [5.74, 6) is 0.472. The Bertz CT molecular complexity index is 2090. The van der Waals surface area contributed by atoms with Crippen LogP contribution in [0.4, 0.5) is 10.1 Å². The van der Waals surface area contributed by atoms with Crippen molar-refractivity contribution in [1.29, 1.82) is 0 Å². The number of aryl methyl sites for hydroxylation is 1. The van der Waals surface area contributed by atoms with Crippen molar-refractivity contribution in [1.82, 2.24) is 4.57 Å². The van der Waals surface area contributed by atoms with Crippen LogP contribution in [0, 0.1) is 15.9 Å². The first-order valence-electron chi connectivity index (χ1n) is 12.8. The van der Waals surface area contributed by atoms with Crippen LogP contribution in [0.25, 0.3) is 23.1 Å². The molecule has 41 heavy (non-hydrogen) atoms. The van der Waals surface area contributed by atoms with Crippen LogP contribution in [0.3, 0.4) is 0 Å². The van der Waals surface area contributed by atoms with E-state index in [2.05, 4.69) is 12.1 Å². The van der Waals surface area contributed by atoms with Crippen molar-refractivity contribution in [2.75, 3.05) is 0 Å². The monoisotopic (exact) mass is 583 g/mol. The second kappa shape index (κ2) is 9.79. The maximum Gasteiger partial charge on any atom is 0.288 e. The first kappa shape index (κ1) is 25.4. The molecule has 1 aliphatic carbocycles. The minimum Gasteiger partial charge on any atom is -0.457 e. The Morgan fingerprint density at radius 3 is 2.68 bits per heavy atom. The molecule has 5 aromatic rings. The highest BCUT2D eigenvalue weighted by Crippen LogP contribution is 2.41. The van der Waals surface area contributed by atoms with Crippen LogP contribution in [0.1, 0.15) is 34.9 Å². The molecule has 0 bridgehead atoms. The van der Waals surface area contributed by atoms with Gasteiger partial charge in [0.2, 0.25) is 0 Å². The van der Waals surface area contributed by atoms with Gasteiger partial charge in [0.25, 0.3) is 11.2 Å². The number of aromatic nitrogens is 1. The summed E-state index contributed by atoms with van der Waals surface area (Å²) in [4.78, 5) is 30.2. The van der Waals surface area contributed by atoms with E-state index in [9.17, 15) is 19.3 Å². The predicted molar refractivity (Wildman–Crippen MR) is 155 cm³/mol. The molecule has 10 heteroatoms. The molecule has 0 unspecified atom stereocenters. The third-order valence-corrected chi connectivity index (χ3v) is 8.69. The Balaban J connectivity index is 1.37. The van der Waals surface area contributed by atoms with Gasteiger partial charge in [-0.15, -0.1) is 0 Å². The van der Waals surface area contributed by atoms with Crippen LogP contribution in [-0.4, -0.2) is 9.49 Å². The molecule has 1 atom stereocenters. The van der Waals surface area contributed by atoms with Crippen LogP contribution >= 0.6 is 22.9 Å². The first-order valence-corrected chi connectivity index (χ1v) is 14.0. The lowest BCUT2D eigenvalue weighted by molar-refractivity contribution is -0.384. The van der Waals surface area contributed by atoms with E-state index < -0.39 is 11.0 Å². The van der Waals surface area contributed by atoms with Gasteiger partial charge in [-0.25, -0.2) is 9.38 Å². The zero-order chi connectivity index (χ0) is 28.2. The number of hydrogen-bond acceptors (Lipinski definition) is 6. The molecular formula is C31H19ClFN3O4S. The van der Waals surface area contributed by atoms with Crippen LogP contribution in [0.5, 0.6) is 0 Å². The number of fused-ring (bicyclic) bond motifs is 3. The smallest absolute Gasteiger partial charge is 0.288 e. The SMILES string of the molecule is O=c1/c(=C\c2ccc(-c3ccc(Cl)c([N+](=O)[O-])c3)o2)sc2n1[C@@H](c1ccc(F)cc1)C1=C(N=2)c2ccccc2CC1. The quantitative estimate of drug-likeness (QED) is 0.184. The Hall–Kier alpha value is -4.60. The average molecular weight is 584 g/mol. The van der Waals surface area contributed by atoms with Crippen molar-refractivity contribution in [2.45, 2.75) is 18.9 Å². The Morgan fingerprint density at radius 2 is 1.88 bits per heavy atom. The summed E-state index contributed by atoms with van der Waals surface area (Å²) in [5.41, 5.74) is 4.99. The van der Waals surface area contributed by atoms with E-state index in [1.807, 2.05) is 12.1 Å². The Labute approximate surface area is 241 Å². The predicted octanol–water partition coefficient (Wildman–Crippen LogP) is 6.28. The zero-order valence-corrected chi connectivity index (χ0v) is 22.8. The summed E-state index contributed by atoms with van der Waals surface area (Å²) in [7, 11) is 0. The van der Waals surface area contributed by atoms with Crippen molar-refractivity contribution in [3.63, 3.8) is 0 Å². The number of nitro benzene ring substituents is 1. The lowest BCUT2D eigenvalue weighted by Crippen LogP contribution is -2.38. The molecule has 0 N–H and O–H groups in total. The summed E-state index contributed by atoms with van der Waals surface area (Å²) >= 11 is 7.21. The maximum atomic E-state index is 13.9. The number of benzene rings is 3. The molecular weight excluding hydrogens is 565 g/mol. The zero-order valence-electron chi connectivity index (χ0n) is 21.2. The molecule has 0 fully saturated rings. The molecule has 2 aliphatic rings. The van der Waals surface area contributed by atoms with Gasteiger partial charge >= 0.3 is 0 Å². The number of hydrogen-bond donors (Lipinski definition) is 0. The van der Waals surface area contributed by atoms with Gasteiger partial charge in [-0.2, -0.15) is 0 Å². The van der Waals surface area contributed by atoms with Crippen LogP contribution in [-0.2, 0) is 6.42 Å². The summed E-state index contributed by atoms with van der Waals surface area (Å²) in [6.45, 7) is 0. The van der Waals surface area contributed by atoms with Gasteiger partial charge in [0.05, 0.1) is 21.2 Å². The van der Waals surface area contributed by atoms with Crippen LogP contribution < -0.4 is 14.9 Å². The number of rotatable bonds is 4. The van der Waals surface area contributed by atoms with E-state index in [-0.39, 0.29) is 22.1 Å². The minimum absolute atomic E-state index is 0.0349. The second-order valence-electron chi connectivity index (χ2n) is 9.79. The lowest BCUT2D eigenvalue weighted by atomic mass is 9.83. The van der Waals surface area contributed by atoms with Crippen molar-refractivity contribution < 1.29 is 13.7 Å². The molecule has 3 heterocycles. The fourth-order valence-electron chi connectivity index (χ4n) is 5.49. The van der Waals surface area contributed by atoms with Gasteiger partial charge < -0.3 is 4.42 Å². The number of nitrogens with zero attached hydrogens (tertiary/aromatic N) is 3. The van der Waals surface area contributed by atoms with Gasteiger partial charge in [0.15, 0.2) is 4.80 Å². The molecule has 2 aromatic heterocycles. The van der Waals surface area contributed by atoms with Gasteiger partial charge in [-0.1, -0.05) is 59.3 Å². The molecule has 1 aliphatic heterocycles. The highest BCUT2D eigenvalue weighted by molar-refractivity contribution is 7.07. The van der Waals surface area contributed by atoms with Crippen LogP contribution in [0.15, 0.2) is 98.6 Å². The number of nitro groups is 1. The molecule has 0 amide bonds. The lowest BCUT2D eigenvalue weighted by Gasteiger charge is -2.30. The molecule has 3 aromatic carbocycles. The second-order valence-corrected chi connectivity index (χ2v) is 11.2. The Kier molecular flexibility index (Phi) is 6.06. The number of thiazole rings is 1. The highest BCUT2D eigenvalue weighted by Gasteiger charge is 2.32. The largest absolute Gasteiger partial charge is 0.457 e. The van der Waals surface area contributed by atoms with Gasteiger partial charge in [0.1, 0.15) is 22.4 Å². The highest BCUT2D eigenvalue weighted by atomic mass is 35.5. The summed E-state index contributed by atoms with van der Waals surface area (Å²) in [5, 5.41) is 11.3. The van der Waals surface area contributed by atoms with Crippen molar-refractivity contribution >= 4 is 40.4 Å².